The van der Waals surface area contributed by atoms with Crippen molar-refractivity contribution in [2.24, 2.45) is 0 Å². The van der Waals surface area contributed by atoms with Gasteiger partial charge in [0, 0.05) is 24.8 Å². The van der Waals surface area contributed by atoms with Crippen LogP contribution in [0.25, 0.3) is 0 Å². The van der Waals surface area contributed by atoms with Gasteiger partial charge in [-0.05, 0) is 17.7 Å². The maximum Gasteiger partial charge on any atom is 0.243 e. The predicted octanol–water partition coefficient (Wildman–Crippen LogP) is 2.13. The number of sulfonamides is 1. The van der Waals surface area contributed by atoms with E-state index in [0.29, 0.717) is 11.2 Å². The van der Waals surface area contributed by atoms with Gasteiger partial charge in [-0.1, -0.05) is 28.1 Å². The number of rotatable bonds is 5. The van der Waals surface area contributed by atoms with Crippen LogP contribution in [0.3, 0.4) is 0 Å². The normalized spacial score (nSPS) is 11.9. The van der Waals surface area contributed by atoms with Crippen molar-refractivity contribution in [1.82, 2.24) is 14.3 Å². The molecule has 0 atom stereocenters. The second-order valence-corrected chi connectivity index (χ2v) is 6.68. The molecular formula is C12H14BrN3O2S. The molecular weight excluding hydrogens is 330 g/mol. The van der Waals surface area contributed by atoms with Crippen molar-refractivity contribution in [3.63, 3.8) is 0 Å². The van der Waals surface area contributed by atoms with Crippen molar-refractivity contribution in [2.75, 3.05) is 7.05 Å². The fourth-order valence-electron chi connectivity index (χ4n) is 1.61. The first-order valence-electron chi connectivity index (χ1n) is 5.63. The summed E-state index contributed by atoms with van der Waals surface area (Å²) in [7, 11) is -1.94. The van der Waals surface area contributed by atoms with Gasteiger partial charge in [-0.15, -0.1) is 0 Å². The monoisotopic (exact) mass is 343 g/mol. The summed E-state index contributed by atoms with van der Waals surface area (Å²) >= 11 is 3.33. The lowest BCUT2D eigenvalue weighted by Gasteiger charge is -2.16. The van der Waals surface area contributed by atoms with E-state index < -0.39 is 10.0 Å². The average Bonchev–Trinajstić information content (AvgIpc) is 2.91. The minimum atomic E-state index is -3.48. The summed E-state index contributed by atoms with van der Waals surface area (Å²) in [6, 6.07) is 6.82. The molecule has 1 heterocycles. The van der Waals surface area contributed by atoms with Crippen LogP contribution in [-0.4, -0.2) is 29.7 Å². The Bertz CT molecular complexity index is 624. The largest absolute Gasteiger partial charge is 0.347 e. The zero-order valence-corrected chi connectivity index (χ0v) is 12.8. The Hall–Kier alpha value is -1.18. The van der Waals surface area contributed by atoms with Crippen molar-refractivity contribution >= 4 is 26.0 Å². The van der Waals surface area contributed by atoms with Gasteiger partial charge in [0.05, 0.1) is 11.4 Å². The lowest BCUT2D eigenvalue weighted by molar-refractivity contribution is 0.458. The van der Waals surface area contributed by atoms with Gasteiger partial charge in [-0.3, -0.25) is 0 Å². The molecule has 1 aromatic heterocycles. The van der Waals surface area contributed by atoms with E-state index in [-0.39, 0.29) is 11.4 Å². The maximum atomic E-state index is 12.3. The fraction of sp³-hybridized carbons (Fsp3) is 0.250. The lowest BCUT2D eigenvalue weighted by Crippen LogP contribution is -2.27. The molecule has 19 heavy (non-hydrogen) atoms. The molecule has 0 spiro atoms. The third-order valence-electron chi connectivity index (χ3n) is 2.71. The molecule has 0 saturated heterocycles. The predicted molar refractivity (Wildman–Crippen MR) is 76.3 cm³/mol. The highest BCUT2D eigenvalue weighted by Gasteiger charge is 2.21. The Morgan fingerprint density at radius 1 is 1.32 bits per heavy atom. The highest BCUT2D eigenvalue weighted by atomic mass is 79.9. The highest BCUT2D eigenvalue weighted by Crippen LogP contribution is 2.17. The molecule has 1 N–H and O–H groups in total. The van der Waals surface area contributed by atoms with Gasteiger partial charge in [0.15, 0.2) is 0 Å². The average molecular weight is 344 g/mol. The molecule has 0 radical (unpaired) electrons. The van der Waals surface area contributed by atoms with Crippen molar-refractivity contribution in [1.29, 1.82) is 0 Å². The van der Waals surface area contributed by atoms with E-state index in [2.05, 4.69) is 25.9 Å². The van der Waals surface area contributed by atoms with Gasteiger partial charge >= 0.3 is 0 Å². The SMILES string of the molecule is CN(Cc1ncc[nH]1)S(=O)(=O)c1ccc(CBr)cc1. The Labute approximate surface area is 120 Å². The lowest BCUT2D eigenvalue weighted by atomic mass is 10.2. The molecule has 0 aliphatic heterocycles. The molecule has 0 saturated carbocycles. The quantitative estimate of drug-likeness (QED) is 0.845. The molecule has 1 aromatic carbocycles. The molecule has 0 unspecified atom stereocenters. The molecule has 0 bridgehead atoms. The van der Waals surface area contributed by atoms with Crippen LogP contribution in [0.2, 0.25) is 0 Å². The van der Waals surface area contributed by atoms with Crippen molar-refractivity contribution in [3.05, 3.63) is 48.0 Å². The number of nitrogens with zero attached hydrogens (tertiary/aromatic N) is 2. The first-order chi connectivity index (χ1) is 9.04. The number of imidazole rings is 1. The molecule has 0 fully saturated rings. The van der Waals surface area contributed by atoms with Crippen LogP contribution in [-0.2, 0) is 21.9 Å². The third-order valence-corrected chi connectivity index (χ3v) is 5.18. The van der Waals surface area contributed by atoms with Crippen LogP contribution in [0.1, 0.15) is 11.4 Å². The van der Waals surface area contributed by atoms with Gasteiger partial charge < -0.3 is 4.98 Å². The van der Waals surface area contributed by atoms with Crippen LogP contribution >= 0.6 is 15.9 Å². The first-order valence-corrected chi connectivity index (χ1v) is 8.19. The maximum absolute atomic E-state index is 12.3. The Morgan fingerprint density at radius 3 is 2.53 bits per heavy atom. The Kier molecular flexibility index (Phi) is 4.38. The highest BCUT2D eigenvalue weighted by molar-refractivity contribution is 9.08. The number of alkyl halides is 1. The van der Waals surface area contributed by atoms with E-state index in [1.807, 2.05) is 0 Å². The summed E-state index contributed by atoms with van der Waals surface area (Å²) in [5, 5.41) is 0.704. The van der Waals surface area contributed by atoms with Crippen molar-refractivity contribution in [2.45, 2.75) is 16.8 Å². The zero-order chi connectivity index (χ0) is 13.9. The second kappa shape index (κ2) is 5.85. The van der Waals surface area contributed by atoms with Crippen molar-refractivity contribution < 1.29 is 8.42 Å². The van der Waals surface area contributed by atoms with Gasteiger partial charge in [0.1, 0.15) is 5.82 Å². The van der Waals surface area contributed by atoms with Gasteiger partial charge in [-0.25, -0.2) is 13.4 Å². The number of hydrogen-bond donors (Lipinski definition) is 1. The minimum absolute atomic E-state index is 0.218. The number of nitrogens with one attached hydrogen (secondary N) is 1. The number of aromatic nitrogens is 2. The van der Waals surface area contributed by atoms with Crippen LogP contribution < -0.4 is 0 Å². The summed E-state index contributed by atoms with van der Waals surface area (Å²) in [5.41, 5.74) is 1.03. The number of aromatic amines is 1. The van der Waals surface area contributed by atoms with Crippen LogP contribution in [0, 0.1) is 0 Å². The standard InChI is InChI=1S/C12H14BrN3O2S/c1-16(9-12-14-6-7-15-12)19(17,18)11-4-2-10(8-13)3-5-11/h2-7H,8-9H2,1H3,(H,14,15). The number of H-pyrrole nitrogens is 1. The van der Waals surface area contributed by atoms with E-state index in [1.165, 1.54) is 11.4 Å². The van der Waals surface area contributed by atoms with E-state index >= 15 is 0 Å². The second-order valence-electron chi connectivity index (χ2n) is 4.07. The first kappa shape index (κ1) is 14.2. The molecule has 0 amide bonds. The number of benzene rings is 1. The summed E-state index contributed by atoms with van der Waals surface area (Å²) in [4.78, 5) is 7.19. The summed E-state index contributed by atoms with van der Waals surface area (Å²) < 4.78 is 25.9. The Balaban J connectivity index is 2.20. The Morgan fingerprint density at radius 2 is 2.00 bits per heavy atom. The topological polar surface area (TPSA) is 66.1 Å². The number of hydrogen-bond acceptors (Lipinski definition) is 3. The van der Waals surface area contributed by atoms with E-state index in [9.17, 15) is 8.42 Å². The summed E-state index contributed by atoms with van der Waals surface area (Å²) in [6.07, 6.45) is 3.27. The van der Waals surface area contributed by atoms with E-state index in [0.717, 1.165) is 5.56 Å². The summed E-state index contributed by atoms with van der Waals surface area (Å²) in [5.74, 6) is 0.614. The molecule has 2 aromatic rings. The smallest absolute Gasteiger partial charge is 0.243 e. The molecule has 102 valence electrons. The van der Waals surface area contributed by atoms with Gasteiger partial charge in [0.2, 0.25) is 10.0 Å². The van der Waals surface area contributed by atoms with E-state index in [4.69, 9.17) is 0 Å². The fourth-order valence-corrected chi connectivity index (χ4v) is 3.12. The molecule has 2 rings (SSSR count). The molecule has 5 nitrogen and oxygen atoms in total. The molecule has 7 heteroatoms. The molecule has 0 aliphatic carbocycles. The molecule has 0 aliphatic rings. The van der Waals surface area contributed by atoms with Crippen LogP contribution in [0.4, 0.5) is 0 Å². The van der Waals surface area contributed by atoms with Crippen LogP contribution in [0.5, 0.6) is 0 Å². The van der Waals surface area contributed by atoms with Crippen molar-refractivity contribution in [3.8, 4) is 0 Å². The summed E-state index contributed by atoms with van der Waals surface area (Å²) in [6.45, 7) is 0.218. The third kappa shape index (κ3) is 3.23. The van der Waals surface area contributed by atoms with Crippen LogP contribution in [0.15, 0.2) is 41.6 Å². The van der Waals surface area contributed by atoms with Gasteiger partial charge in [-0.2, -0.15) is 4.31 Å². The number of halogens is 1. The zero-order valence-electron chi connectivity index (χ0n) is 10.4. The van der Waals surface area contributed by atoms with E-state index in [1.54, 1.807) is 36.7 Å². The minimum Gasteiger partial charge on any atom is -0.347 e. The van der Waals surface area contributed by atoms with Gasteiger partial charge in [0.25, 0.3) is 0 Å².